The van der Waals surface area contributed by atoms with E-state index in [1.54, 1.807) is 18.2 Å². The number of hydrogen-bond donors (Lipinski definition) is 1. The molecule has 1 aromatic carbocycles. The summed E-state index contributed by atoms with van der Waals surface area (Å²) >= 11 is 0. The highest BCUT2D eigenvalue weighted by atomic mass is 19.1. The third-order valence-corrected chi connectivity index (χ3v) is 5.74. The van der Waals surface area contributed by atoms with Crippen LogP contribution in [0.1, 0.15) is 51.0 Å². The second kappa shape index (κ2) is 8.13. The van der Waals surface area contributed by atoms with E-state index in [2.05, 4.69) is 12.2 Å². The van der Waals surface area contributed by atoms with E-state index in [1.807, 2.05) is 6.07 Å². The van der Waals surface area contributed by atoms with Crippen molar-refractivity contribution in [3.8, 4) is 0 Å². The molecular weight excluding hydrogens is 317 g/mol. The molecule has 1 saturated carbocycles. The number of halogens is 1. The molecule has 0 aromatic heterocycles. The zero-order valence-electron chi connectivity index (χ0n) is 15.0. The molecular formula is C21H28FNO2. The first-order valence-electron chi connectivity index (χ1n) is 9.38. The van der Waals surface area contributed by atoms with Gasteiger partial charge in [-0.25, -0.2) is 4.39 Å². The maximum Gasteiger partial charge on any atom is 0.243 e. The molecule has 136 valence electrons. The lowest BCUT2D eigenvalue weighted by Crippen LogP contribution is -2.44. The number of ether oxygens (including phenoxy) is 1. The zero-order chi connectivity index (χ0) is 17.7. The van der Waals surface area contributed by atoms with Gasteiger partial charge in [-0.2, -0.15) is 0 Å². The van der Waals surface area contributed by atoms with Crippen molar-refractivity contribution in [1.82, 2.24) is 5.32 Å². The highest BCUT2D eigenvalue weighted by molar-refractivity contribution is 5.88. The molecule has 1 aliphatic carbocycles. The van der Waals surface area contributed by atoms with Crippen molar-refractivity contribution < 1.29 is 13.9 Å². The van der Waals surface area contributed by atoms with Crippen LogP contribution in [0, 0.1) is 11.7 Å². The monoisotopic (exact) mass is 345 g/mol. The summed E-state index contributed by atoms with van der Waals surface area (Å²) in [6.45, 7) is 4.08. The quantitative estimate of drug-likeness (QED) is 0.834. The number of rotatable bonds is 4. The third kappa shape index (κ3) is 4.69. The molecule has 0 bridgehead atoms. The predicted molar refractivity (Wildman–Crippen MR) is 96.9 cm³/mol. The van der Waals surface area contributed by atoms with Crippen molar-refractivity contribution in [1.29, 1.82) is 0 Å². The number of carbonyl (C=O) groups is 1. The zero-order valence-corrected chi connectivity index (χ0v) is 15.0. The minimum absolute atomic E-state index is 0.0215. The fourth-order valence-electron chi connectivity index (χ4n) is 3.92. The first-order valence-corrected chi connectivity index (χ1v) is 9.38. The Bertz CT molecular complexity index is 625. The molecule has 0 radical (unpaired) electrons. The molecule has 0 unspecified atom stereocenters. The van der Waals surface area contributed by atoms with Gasteiger partial charge in [0.05, 0.1) is 0 Å². The molecule has 25 heavy (non-hydrogen) atoms. The fraction of sp³-hybridized carbons (Fsp3) is 0.571. The van der Waals surface area contributed by atoms with E-state index in [1.165, 1.54) is 24.5 Å². The van der Waals surface area contributed by atoms with E-state index in [4.69, 9.17) is 4.74 Å². The molecule has 2 aliphatic rings. The lowest BCUT2D eigenvalue weighted by Gasteiger charge is -2.38. The summed E-state index contributed by atoms with van der Waals surface area (Å²) in [5, 5.41) is 3.08. The third-order valence-electron chi connectivity index (χ3n) is 5.74. The summed E-state index contributed by atoms with van der Waals surface area (Å²) in [6, 6.07) is 6.76. The van der Waals surface area contributed by atoms with Crippen molar-refractivity contribution in [2.24, 2.45) is 5.92 Å². The second-order valence-corrected chi connectivity index (χ2v) is 7.61. The van der Waals surface area contributed by atoms with Crippen LogP contribution in [-0.4, -0.2) is 25.7 Å². The van der Waals surface area contributed by atoms with Crippen molar-refractivity contribution in [3.05, 3.63) is 47.3 Å². The molecule has 3 nitrogen and oxygen atoms in total. The summed E-state index contributed by atoms with van der Waals surface area (Å²) in [7, 11) is 0. The van der Waals surface area contributed by atoms with E-state index >= 15 is 0 Å². The first-order chi connectivity index (χ1) is 12.1. The average molecular weight is 345 g/mol. The predicted octanol–water partition coefficient (Wildman–Crippen LogP) is 4.13. The number of nitrogens with one attached hydrogen (secondary N) is 1. The lowest BCUT2D eigenvalue weighted by atomic mass is 9.74. The number of carbonyl (C=O) groups excluding carboxylic acids is 1. The van der Waals surface area contributed by atoms with Crippen LogP contribution < -0.4 is 5.32 Å². The number of amides is 1. The van der Waals surface area contributed by atoms with E-state index in [9.17, 15) is 9.18 Å². The molecule has 3 rings (SSSR count). The van der Waals surface area contributed by atoms with Crippen LogP contribution in [0.4, 0.5) is 4.39 Å². The summed E-state index contributed by atoms with van der Waals surface area (Å²) in [6.07, 6.45) is 7.77. The molecule has 1 saturated heterocycles. The topological polar surface area (TPSA) is 38.3 Å². The Hall–Kier alpha value is -1.68. The highest BCUT2D eigenvalue weighted by Gasteiger charge is 2.35. The van der Waals surface area contributed by atoms with Crippen LogP contribution in [0.15, 0.2) is 35.9 Å². The number of allylic oxidation sites excluding steroid dienone is 1. The minimum Gasteiger partial charge on any atom is -0.381 e. The van der Waals surface area contributed by atoms with Crippen LogP contribution in [0.5, 0.6) is 0 Å². The van der Waals surface area contributed by atoms with Crippen molar-refractivity contribution >= 4 is 5.91 Å². The van der Waals surface area contributed by atoms with E-state index in [0.717, 1.165) is 37.2 Å². The molecule has 2 fully saturated rings. The Morgan fingerprint density at radius 1 is 1.32 bits per heavy atom. The smallest absolute Gasteiger partial charge is 0.243 e. The SMILES string of the molecule is CC1CCC(=CC(=O)NCC2(c3cccc(F)c3)CCOCC2)CC1. The maximum atomic E-state index is 13.7. The highest BCUT2D eigenvalue weighted by Crippen LogP contribution is 2.34. The number of benzene rings is 1. The first kappa shape index (κ1) is 18.1. The molecule has 1 amide bonds. The average Bonchev–Trinajstić information content (AvgIpc) is 2.63. The van der Waals surface area contributed by atoms with Crippen LogP contribution in [0.2, 0.25) is 0 Å². The Morgan fingerprint density at radius 3 is 2.72 bits per heavy atom. The van der Waals surface area contributed by atoms with Gasteiger partial charge in [-0.05, 0) is 62.1 Å². The minimum atomic E-state index is -0.240. The van der Waals surface area contributed by atoms with Crippen LogP contribution in [0.3, 0.4) is 0 Å². The van der Waals surface area contributed by atoms with Crippen LogP contribution >= 0.6 is 0 Å². The second-order valence-electron chi connectivity index (χ2n) is 7.61. The van der Waals surface area contributed by atoms with Gasteiger partial charge in [0.1, 0.15) is 5.82 Å². The van der Waals surface area contributed by atoms with Crippen LogP contribution in [0.25, 0.3) is 0 Å². The van der Waals surface area contributed by atoms with Crippen molar-refractivity contribution in [3.63, 3.8) is 0 Å². The van der Waals surface area contributed by atoms with Gasteiger partial charge < -0.3 is 10.1 Å². The van der Waals surface area contributed by atoms with Gasteiger partial charge in [0, 0.05) is 31.2 Å². The molecule has 1 aliphatic heterocycles. The maximum absolute atomic E-state index is 13.7. The Balaban J connectivity index is 1.67. The lowest BCUT2D eigenvalue weighted by molar-refractivity contribution is -0.117. The summed E-state index contributed by atoms with van der Waals surface area (Å²) in [5.41, 5.74) is 1.97. The van der Waals surface area contributed by atoms with Gasteiger partial charge in [0.2, 0.25) is 5.91 Å². The summed E-state index contributed by atoms with van der Waals surface area (Å²) in [4.78, 5) is 12.4. The van der Waals surface area contributed by atoms with Gasteiger partial charge in [0.15, 0.2) is 0 Å². The molecule has 1 N–H and O–H groups in total. The largest absolute Gasteiger partial charge is 0.381 e. The Labute approximate surface area is 149 Å². The van der Waals surface area contributed by atoms with E-state index < -0.39 is 0 Å². The van der Waals surface area contributed by atoms with Crippen molar-refractivity contribution in [2.45, 2.75) is 50.9 Å². The summed E-state index contributed by atoms with van der Waals surface area (Å²) in [5.74, 6) is 0.513. The normalized spacial score (nSPS) is 23.1. The molecule has 0 spiro atoms. The number of hydrogen-bond acceptors (Lipinski definition) is 2. The molecule has 0 atom stereocenters. The summed E-state index contributed by atoms with van der Waals surface area (Å²) < 4.78 is 19.2. The molecule has 1 aromatic rings. The van der Waals surface area contributed by atoms with Crippen molar-refractivity contribution in [2.75, 3.05) is 19.8 Å². The van der Waals surface area contributed by atoms with E-state index in [0.29, 0.717) is 19.8 Å². The molecule has 1 heterocycles. The fourth-order valence-corrected chi connectivity index (χ4v) is 3.92. The van der Waals surface area contributed by atoms with E-state index in [-0.39, 0.29) is 17.1 Å². The van der Waals surface area contributed by atoms with Gasteiger partial charge in [-0.15, -0.1) is 0 Å². The van der Waals surface area contributed by atoms with Gasteiger partial charge >= 0.3 is 0 Å². The standard InChI is InChI=1S/C21H28FNO2/c1-16-5-7-17(8-6-16)13-20(24)23-15-21(9-11-25-12-10-21)18-3-2-4-19(22)14-18/h2-4,13-14,16H,5-12,15H2,1H3,(H,23,24). The molecule has 4 heteroatoms. The Morgan fingerprint density at radius 2 is 2.04 bits per heavy atom. The van der Waals surface area contributed by atoms with Crippen LogP contribution in [-0.2, 0) is 14.9 Å². The van der Waals surface area contributed by atoms with Gasteiger partial charge in [0.25, 0.3) is 0 Å². The Kier molecular flexibility index (Phi) is 5.89. The van der Waals surface area contributed by atoms with Gasteiger partial charge in [-0.1, -0.05) is 24.6 Å². The van der Waals surface area contributed by atoms with Gasteiger partial charge in [-0.3, -0.25) is 4.79 Å².